The first-order valence-corrected chi connectivity index (χ1v) is 7.87. The molecule has 1 aromatic carbocycles. The average molecular weight is 351 g/mol. The molecule has 2 nitrogen and oxygen atoms in total. The number of benzene rings is 1. The number of hydrogen-bond acceptors (Lipinski definition) is 2. The highest BCUT2D eigenvalue weighted by Crippen LogP contribution is 2.35. The van der Waals surface area contributed by atoms with E-state index < -0.39 is 12.6 Å². The number of halogens is 4. The van der Waals surface area contributed by atoms with Crippen LogP contribution >= 0.6 is 12.4 Å². The lowest BCUT2D eigenvalue weighted by atomic mass is 9.90. The predicted octanol–water partition coefficient (Wildman–Crippen LogP) is 4.32. The maximum atomic E-state index is 12.7. The van der Waals surface area contributed by atoms with Gasteiger partial charge < -0.3 is 5.32 Å². The van der Waals surface area contributed by atoms with Crippen molar-refractivity contribution < 1.29 is 13.2 Å². The van der Waals surface area contributed by atoms with Gasteiger partial charge in [-0.05, 0) is 43.9 Å². The zero-order valence-electron chi connectivity index (χ0n) is 14.0. The monoisotopic (exact) mass is 350 g/mol. The summed E-state index contributed by atoms with van der Waals surface area (Å²) < 4.78 is 38.2. The Bertz CT molecular complexity index is 488. The summed E-state index contributed by atoms with van der Waals surface area (Å²) >= 11 is 0. The molecule has 0 bridgehead atoms. The minimum absolute atomic E-state index is 0. The smallest absolute Gasteiger partial charge is 0.314 e. The lowest BCUT2D eigenvalue weighted by molar-refractivity contribution is -0.138. The third-order valence-electron chi connectivity index (χ3n) is 4.36. The van der Waals surface area contributed by atoms with Crippen molar-refractivity contribution in [3.8, 4) is 0 Å². The Balaban J connectivity index is 0.00000264. The minimum Gasteiger partial charge on any atom is -0.314 e. The molecule has 0 radical (unpaired) electrons. The van der Waals surface area contributed by atoms with Crippen LogP contribution in [0.15, 0.2) is 12.1 Å². The van der Waals surface area contributed by atoms with Crippen LogP contribution in [0.1, 0.15) is 41.1 Å². The van der Waals surface area contributed by atoms with Crippen LogP contribution in [0, 0.1) is 20.8 Å². The number of nitrogens with one attached hydrogen (secondary N) is 1. The molecule has 23 heavy (non-hydrogen) atoms. The van der Waals surface area contributed by atoms with Gasteiger partial charge in [-0.3, -0.25) is 4.90 Å². The number of piperazine rings is 1. The van der Waals surface area contributed by atoms with E-state index in [4.69, 9.17) is 0 Å². The van der Waals surface area contributed by atoms with Gasteiger partial charge in [-0.1, -0.05) is 17.7 Å². The second-order valence-electron chi connectivity index (χ2n) is 6.27. The van der Waals surface area contributed by atoms with Crippen LogP contribution in [-0.4, -0.2) is 37.3 Å². The molecule has 0 spiro atoms. The Labute approximate surface area is 142 Å². The number of aryl methyl sites for hydroxylation is 3. The van der Waals surface area contributed by atoms with E-state index in [1.54, 1.807) is 0 Å². The molecular formula is C17H26ClF3N2. The lowest BCUT2D eigenvalue weighted by Crippen LogP contribution is -2.45. The van der Waals surface area contributed by atoms with Crippen LogP contribution in [0.2, 0.25) is 0 Å². The number of rotatable bonds is 4. The molecule has 1 aliphatic rings. The molecule has 1 N–H and O–H groups in total. The van der Waals surface area contributed by atoms with Crippen LogP contribution in [0.25, 0.3) is 0 Å². The summed E-state index contributed by atoms with van der Waals surface area (Å²) in [6.07, 6.45) is -4.69. The molecular weight excluding hydrogens is 325 g/mol. The Morgan fingerprint density at radius 1 is 1.09 bits per heavy atom. The Hall–Kier alpha value is -0.780. The van der Waals surface area contributed by atoms with Crippen molar-refractivity contribution in [2.45, 2.75) is 45.8 Å². The summed E-state index contributed by atoms with van der Waals surface area (Å²) in [4.78, 5) is 2.20. The fourth-order valence-corrected chi connectivity index (χ4v) is 3.52. The normalized spacial score (nSPS) is 17.7. The Morgan fingerprint density at radius 2 is 1.61 bits per heavy atom. The van der Waals surface area contributed by atoms with E-state index in [1.165, 1.54) is 0 Å². The van der Waals surface area contributed by atoms with E-state index in [0.29, 0.717) is 0 Å². The molecule has 1 aromatic rings. The molecule has 1 heterocycles. The van der Waals surface area contributed by atoms with Gasteiger partial charge in [0.15, 0.2) is 0 Å². The lowest BCUT2D eigenvalue weighted by Gasteiger charge is -2.37. The minimum atomic E-state index is -4.10. The topological polar surface area (TPSA) is 15.3 Å². The van der Waals surface area contributed by atoms with Gasteiger partial charge in [0.25, 0.3) is 0 Å². The third-order valence-corrected chi connectivity index (χ3v) is 4.36. The first-order chi connectivity index (χ1) is 10.3. The van der Waals surface area contributed by atoms with Gasteiger partial charge in [0, 0.05) is 38.6 Å². The highest BCUT2D eigenvalue weighted by Gasteiger charge is 2.32. The van der Waals surface area contributed by atoms with Crippen molar-refractivity contribution in [1.29, 1.82) is 0 Å². The number of nitrogens with zero attached hydrogens (tertiary/aromatic N) is 1. The molecule has 1 saturated heterocycles. The van der Waals surface area contributed by atoms with Crippen LogP contribution in [0.3, 0.4) is 0 Å². The fraction of sp³-hybridized carbons (Fsp3) is 0.647. The van der Waals surface area contributed by atoms with Crippen LogP contribution in [-0.2, 0) is 0 Å². The molecule has 2 rings (SSSR count). The standard InChI is InChI=1S/C17H25F3N2.ClH/c1-12-10-13(2)16(14(3)11-12)15(4-5-17(18,19)20)22-8-6-21-7-9-22;/h10-11,15,21H,4-9H2,1-3H3;1H/t15-;/m1./s1. The van der Waals surface area contributed by atoms with Crippen LogP contribution < -0.4 is 5.32 Å². The highest BCUT2D eigenvalue weighted by molar-refractivity contribution is 5.85. The van der Waals surface area contributed by atoms with Crippen molar-refractivity contribution in [3.05, 3.63) is 34.4 Å². The van der Waals surface area contributed by atoms with Crippen molar-refractivity contribution in [1.82, 2.24) is 10.2 Å². The molecule has 1 aliphatic heterocycles. The first-order valence-electron chi connectivity index (χ1n) is 7.87. The van der Waals surface area contributed by atoms with Crippen LogP contribution in [0.4, 0.5) is 13.2 Å². The van der Waals surface area contributed by atoms with E-state index in [1.807, 2.05) is 20.8 Å². The first kappa shape index (κ1) is 20.3. The summed E-state index contributed by atoms with van der Waals surface area (Å²) in [6, 6.07) is 4.00. The average Bonchev–Trinajstić information content (AvgIpc) is 2.41. The Morgan fingerprint density at radius 3 is 2.09 bits per heavy atom. The second kappa shape index (κ2) is 8.36. The summed E-state index contributed by atoms with van der Waals surface area (Å²) in [7, 11) is 0. The highest BCUT2D eigenvalue weighted by atomic mass is 35.5. The van der Waals surface area contributed by atoms with Crippen molar-refractivity contribution >= 4 is 12.4 Å². The zero-order valence-corrected chi connectivity index (χ0v) is 14.8. The van der Waals surface area contributed by atoms with Gasteiger partial charge >= 0.3 is 6.18 Å². The summed E-state index contributed by atoms with van der Waals surface area (Å²) in [6.45, 7) is 9.33. The number of alkyl halides is 3. The van der Waals surface area contributed by atoms with Crippen molar-refractivity contribution in [2.75, 3.05) is 26.2 Å². The molecule has 0 saturated carbocycles. The van der Waals surface area contributed by atoms with Gasteiger partial charge in [-0.15, -0.1) is 12.4 Å². The van der Waals surface area contributed by atoms with Crippen LogP contribution in [0.5, 0.6) is 0 Å². The molecule has 1 fully saturated rings. The van der Waals surface area contributed by atoms with Gasteiger partial charge in [0.05, 0.1) is 0 Å². The van der Waals surface area contributed by atoms with Gasteiger partial charge in [0.2, 0.25) is 0 Å². The van der Waals surface area contributed by atoms with E-state index in [0.717, 1.165) is 48.4 Å². The quantitative estimate of drug-likeness (QED) is 0.869. The molecule has 6 heteroatoms. The summed E-state index contributed by atoms with van der Waals surface area (Å²) in [5.74, 6) is 0. The molecule has 132 valence electrons. The van der Waals surface area contributed by atoms with E-state index in [9.17, 15) is 13.2 Å². The van der Waals surface area contributed by atoms with E-state index in [2.05, 4.69) is 22.3 Å². The van der Waals surface area contributed by atoms with E-state index in [-0.39, 0.29) is 24.9 Å². The predicted molar refractivity (Wildman–Crippen MR) is 90.4 cm³/mol. The number of hydrogen-bond donors (Lipinski definition) is 1. The molecule has 0 amide bonds. The largest absolute Gasteiger partial charge is 0.389 e. The maximum absolute atomic E-state index is 12.7. The van der Waals surface area contributed by atoms with Gasteiger partial charge in [0.1, 0.15) is 0 Å². The maximum Gasteiger partial charge on any atom is 0.389 e. The summed E-state index contributed by atoms with van der Waals surface area (Å²) in [5.41, 5.74) is 4.44. The van der Waals surface area contributed by atoms with E-state index >= 15 is 0 Å². The SMILES string of the molecule is Cc1cc(C)c([C@@H](CCC(F)(F)F)N2CCNCC2)c(C)c1.Cl. The second-order valence-corrected chi connectivity index (χ2v) is 6.27. The molecule has 0 aliphatic carbocycles. The third kappa shape index (κ3) is 5.66. The van der Waals surface area contributed by atoms with Gasteiger partial charge in [-0.25, -0.2) is 0 Å². The fourth-order valence-electron chi connectivity index (χ4n) is 3.52. The molecule has 1 atom stereocenters. The summed E-state index contributed by atoms with van der Waals surface area (Å²) in [5, 5.41) is 3.27. The molecule has 0 aromatic heterocycles. The van der Waals surface area contributed by atoms with Crippen molar-refractivity contribution in [2.24, 2.45) is 0 Å². The van der Waals surface area contributed by atoms with Gasteiger partial charge in [-0.2, -0.15) is 13.2 Å². The Kier molecular flexibility index (Phi) is 7.36. The van der Waals surface area contributed by atoms with Crippen molar-refractivity contribution in [3.63, 3.8) is 0 Å². The molecule has 0 unspecified atom stereocenters. The zero-order chi connectivity index (χ0) is 16.3.